The smallest absolute Gasteiger partial charge is 0.125 e. The first-order valence-corrected chi connectivity index (χ1v) is 9.79. The third-order valence-corrected chi connectivity index (χ3v) is 3.90. The Bertz CT molecular complexity index is 582. The van der Waals surface area contributed by atoms with Crippen LogP contribution in [0.25, 0.3) is 0 Å². The van der Waals surface area contributed by atoms with E-state index >= 15 is 0 Å². The van der Waals surface area contributed by atoms with Crippen LogP contribution in [-0.2, 0) is 17.7 Å². The van der Waals surface area contributed by atoms with Crippen molar-refractivity contribution in [1.29, 1.82) is 0 Å². The number of hydrogen-bond acceptors (Lipinski definition) is 4. The fraction of sp³-hybridized carbons (Fsp3) is 0.550. The van der Waals surface area contributed by atoms with Crippen LogP contribution >= 0.6 is 23.2 Å². The van der Waals surface area contributed by atoms with Crippen LogP contribution in [0.4, 0.5) is 0 Å². The average molecular weight is 402 g/mol. The van der Waals surface area contributed by atoms with E-state index in [0.29, 0.717) is 19.8 Å². The van der Waals surface area contributed by atoms with Crippen molar-refractivity contribution in [2.45, 2.75) is 53.4 Å². The first kappa shape index (κ1) is 22.7. The Kier molecular flexibility index (Phi) is 11.2. The summed E-state index contributed by atoms with van der Waals surface area (Å²) in [5.41, 5.74) is 3.21. The first-order chi connectivity index (χ1) is 12.5. The van der Waals surface area contributed by atoms with Gasteiger partial charge in [0.2, 0.25) is 0 Å². The summed E-state index contributed by atoms with van der Waals surface area (Å²) in [4.78, 5) is 5.20. The van der Waals surface area contributed by atoms with Crippen molar-refractivity contribution in [2.75, 3.05) is 19.8 Å². The highest BCUT2D eigenvalue weighted by Gasteiger charge is 2.11. The second-order valence-electron chi connectivity index (χ2n) is 6.01. The number of halogens is 2. The molecule has 1 aromatic rings. The van der Waals surface area contributed by atoms with Gasteiger partial charge in [-0.3, -0.25) is 0 Å². The van der Waals surface area contributed by atoms with Crippen molar-refractivity contribution in [3.05, 3.63) is 33.8 Å². The van der Waals surface area contributed by atoms with Crippen LogP contribution in [0.15, 0.2) is 27.9 Å². The highest BCUT2D eigenvalue weighted by Crippen LogP contribution is 2.31. The molecule has 0 spiro atoms. The molecule has 0 aromatic heterocycles. The normalized spacial score (nSPS) is 10.2. The lowest BCUT2D eigenvalue weighted by Crippen LogP contribution is -2.05. The highest BCUT2D eigenvalue weighted by atomic mass is 35.5. The zero-order valence-corrected chi connectivity index (χ0v) is 17.6. The van der Waals surface area contributed by atoms with E-state index < -0.39 is 0 Å². The van der Waals surface area contributed by atoms with Gasteiger partial charge < -0.3 is 14.3 Å². The van der Waals surface area contributed by atoms with Crippen molar-refractivity contribution in [1.82, 2.24) is 0 Å². The Morgan fingerprint density at radius 1 is 1.00 bits per heavy atom. The molecule has 1 aromatic carbocycles. The second kappa shape index (κ2) is 12.9. The summed E-state index contributed by atoms with van der Waals surface area (Å²) in [6.07, 6.45) is 5.20. The van der Waals surface area contributed by atoms with E-state index in [4.69, 9.17) is 37.5 Å². The van der Waals surface area contributed by atoms with Gasteiger partial charge in [0.15, 0.2) is 0 Å². The summed E-state index contributed by atoms with van der Waals surface area (Å²) in [6, 6.07) is 4.04. The summed E-state index contributed by atoms with van der Waals surface area (Å²) in [5, 5.41) is 3.92. The van der Waals surface area contributed by atoms with E-state index in [2.05, 4.69) is 19.0 Å². The third kappa shape index (κ3) is 8.81. The van der Waals surface area contributed by atoms with Gasteiger partial charge in [0.05, 0.1) is 12.3 Å². The molecule has 146 valence electrons. The number of unbranched alkanes of at least 4 members (excludes halogenated alkanes) is 1. The number of ether oxygens (including phenoxy) is 2. The maximum atomic E-state index is 6.07. The van der Waals surface area contributed by atoms with Crippen molar-refractivity contribution >= 4 is 28.9 Å². The van der Waals surface area contributed by atoms with Gasteiger partial charge in [0.25, 0.3) is 0 Å². The molecular weight excluding hydrogens is 373 g/mol. The summed E-state index contributed by atoms with van der Waals surface area (Å²) in [6.45, 7) is 9.65. The summed E-state index contributed by atoms with van der Waals surface area (Å²) in [7, 11) is 0. The molecule has 4 nitrogen and oxygen atoms in total. The van der Waals surface area contributed by atoms with Gasteiger partial charge in [0.1, 0.15) is 29.2 Å². The molecule has 26 heavy (non-hydrogen) atoms. The van der Waals surface area contributed by atoms with Gasteiger partial charge in [0, 0.05) is 0 Å². The van der Waals surface area contributed by atoms with Gasteiger partial charge in [-0.2, -0.15) is 0 Å². The van der Waals surface area contributed by atoms with Crippen molar-refractivity contribution < 1.29 is 14.3 Å². The number of hydrogen-bond donors (Lipinski definition) is 0. The Balaban J connectivity index is 2.63. The molecule has 0 aliphatic rings. The van der Waals surface area contributed by atoms with Gasteiger partial charge in [-0.05, 0) is 68.9 Å². The molecule has 0 aliphatic carbocycles. The summed E-state index contributed by atoms with van der Waals surface area (Å²) >= 11 is 11.2. The molecule has 0 unspecified atom stereocenters. The molecule has 0 fully saturated rings. The number of aryl methyl sites for hydroxylation is 2. The van der Waals surface area contributed by atoms with Crippen LogP contribution in [0.3, 0.4) is 0 Å². The lowest BCUT2D eigenvalue weighted by molar-refractivity contribution is 0.135. The molecule has 6 heteroatoms. The first-order valence-electron chi connectivity index (χ1n) is 9.03. The Morgan fingerprint density at radius 2 is 1.62 bits per heavy atom. The molecule has 0 radical (unpaired) electrons. The SMILES string of the molecule is CCc1cc(OCC=C(Cl)Cl)cc(CC)c1OCCCCON=C(C)C. The van der Waals surface area contributed by atoms with Crippen LogP contribution in [0.2, 0.25) is 0 Å². The molecule has 0 saturated carbocycles. The fourth-order valence-corrected chi connectivity index (χ4v) is 2.46. The van der Waals surface area contributed by atoms with Crippen molar-refractivity contribution in [3.63, 3.8) is 0 Å². The fourth-order valence-electron chi connectivity index (χ4n) is 2.33. The minimum absolute atomic E-state index is 0.208. The second-order valence-corrected chi connectivity index (χ2v) is 7.02. The Morgan fingerprint density at radius 3 is 2.15 bits per heavy atom. The molecule has 0 bridgehead atoms. The van der Waals surface area contributed by atoms with Crippen LogP contribution in [0.5, 0.6) is 11.5 Å². The van der Waals surface area contributed by atoms with Crippen LogP contribution < -0.4 is 9.47 Å². The standard InChI is InChI=1S/C20H29Cl2NO3/c1-5-16-13-18(24-12-9-19(21)22)14-17(6-2)20(16)25-10-7-8-11-26-23-15(3)4/h9,13-14H,5-8,10-12H2,1-4H3. The van der Waals surface area contributed by atoms with Gasteiger partial charge in [-0.1, -0.05) is 42.2 Å². The van der Waals surface area contributed by atoms with Gasteiger partial charge >= 0.3 is 0 Å². The topological polar surface area (TPSA) is 40.0 Å². The van der Waals surface area contributed by atoms with E-state index in [1.54, 1.807) is 6.08 Å². The molecule has 0 N–H and O–H groups in total. The average Bonchev–Trinajstić information content (AvgIpc) is 2.60. The third-order valence-electron chi connectivity index (χ3n) is 3.59. The quantitative estimate of drug-likeness (QED) is 0.242. The predicted octanol–water partition coefficient (Wildman–Crippen LogP) is 6.08. The number of benzene rings is 1. The van der Waals surface area contributed by atoms with Crippen molar-refractivity contribution in [2.24, 2.45) is 5.16 Å². The van der Waals surface area contributed by atoms with Crippen LogP contribution in [0, 0.1) is 0 Å². The van der Waals surface area contributed by atoms with E-state index in [1.807, 2.05) is 26.0 Å². The maximum Gasteiger partial charge on any atom is 0.125 e. The lowest BCUT2D eigenvalue weighted by Gasteiger charge is -2.17. The molecule has 0 saturated heterocycles. The summed E-state index contributed by atoms with van der Waals surface area (Å²) in [5.74, 6) is 1.77. The molecule has 0 amide bonds. The molecule has 1 rings (SSSR count). The van der Waals surface area contributed by atoms with Gasteiger partial charge in [-0.15, -0.1) is 0 Å². The number of nitrogens with zero attached hydrogens (tertiary/aromatic N) is 1. The summed E-state index contributed by atoms with van der Waals surface area (Å²) < 4.78 is 12.0. The molecule has 0 aliphatic heterocycles. The zero-order valence-electron chi connectivity index (χ0n) is 16.1. The molecule has 0 atom stereocenters. The zero-order chi connectivity index (χ0) is 19.4. The van der Waals surface area contributed by atoms with Crippen LogP contribution in [0.1, 0.15) is 51.7 Å². The van der Waals surface area contributed by atoms with E-state index in [1.165, 1.54) is 0 Å². The van der Waals surface area contributed by atoms with E-state index in [-0.39, 0.29) is 4.49 Å². The highest BCUT2D eigenvalue weighted by molar-refractivity contribution is 6.55. The van der Waals surface area contributed by atoms with Crippen LogP contribution in [-0.4, -0.2) is 25.5 Å². The van der Waals surface area contributed by atoms with Gasteiger partial charge in [-0.25, -0.2) is 0 Å². The largest absolute Gasteiger partial charge is 0.493 e. The Labute approximate surface area is 167 Å². The Hall–Kier alpha value is -1.39. The minimum Gasteiger partial charge on any atom is -0.493 e. The molecular formula is C20H29Cl2NO3. The maximum absolute atomic E-state index is 6.07. The monoisotopic (exact) mass is 401 g/mol. The van der Waals surface area contributed by atoms with E-state index in [0.717, 1.165) is 54.0 Å². The predicted molar refractivity (Wildman–Crippen MR) is 110 cm³/mol. The number of oxime groups is 1. The van der Waals surface area contributed by atoms with E-state index in [9.17, 15) is 0 Å². The van der Waals surface area contributed by atoms with Crippen molar-refractivity contribution in [3.8, 4) is 11.5 Å². The number of rotatable bonds is 12. The molecule has 0 heterocycles. The lowest BCUT2D eigenvalue weighted by atomic mass is 10.0. The minimum atomic E-state index is 0.208.